The molecule has 1 aromatic carbocycles. The van der Waals surface area contributed by atoms with Gasteiger partial charge < -0.3 is 15.5 Å². The van der Waals surface area contributed by atoms with E-state index in [1.54, 1.807) is 12.1 Å². The van der Waals surface area contributed by atoms with Crippen molar-refractivity contribution in [3.05, 3.63) is 29.3 Å². The maximum Gasteiger partial charge on any atom is 0.321 e. The van der Waals surface area contributed by atoms with Gasteiger partial charge in [0.25, 0.3) is 0 Å². The maximum atomic E-state index is 12.3. The van der Waals surface area contributed by atoms with Crippen LogP contribution in [0.1, 0.15) is 26.2 Å². The van der Waals surface area contributed by atoms with Crippen LogP contribution < -0.4 is 10.6 Å². The summed E-state index contributed by atoms with van der Waals surface area (Å²) in [5, 5.41) is 7.05. The number of urea groups is 1. The van der Waals surface area contributed by atoms with Gasteiger partial charge in [-0.2, -0.15) is 0 Å². The van der Waals surface area contributed by atoms with Crippen LogP contribution in [0.25, 0.3) is 0 Å². The number of nitrogens with zero attached hydrogens (tertiary/aromatic N) is 1. The lowest BCUT2D eigenvalue weighted by Crippen LogP contribution is -2.46. The van der Waals surface area contributed by atoms with Gasteiger partial charge in [-0.05, 0) is 50.6 Å². The third kappa shape index (κ3) is 4.39. The summed E-state index contributed by atoms with van der Waals surface area (Å²) in [7, 11) is 0. The molecular weight excluding hydrogens is 274 g/mol. The highest BCUT2D eigenvalue weighted by atomic mass is 35.5. The van der Waals surface area contributed by atoms with Gasteiger partial charge in [-0.15, -0.1) is 0 Å². The minimum atomic E-state index is -0.0535. The summed E-state index contributed by atoms with van der Waals surface area (Å²) in [6.45, 7) is 4.53. The van der Waals surface area contributed by atoms with Crippen LogP contribution in [0.15, 0.2) is 24.3 Å². The third-order valence-electron chi connectivity index (χ3n) is 3.62. The first-order valence-corrected chi connectivity index (χ1v) is 7.61. The molecule has 0 spiro atoms. The number of nitrogens with one attached hydrogen (secondary N) is 2. The number of anilines is 1. The number of rotatable bonds is 4. The average Bonchev–Trinajstić information content (AvgIpc) is 2.48. The number of likely N-dealkylation sites (N-methyl/N-ethyl adjacent to an activating group) is 1. The fourth-order valence-electron chi connectivity index (χ4n) is 2.44. The lowest BCUT2D eigenvalue weighted by Gasteiger charge is -2.30. The van der Waals surface area contributed by atoms with Gasteiger partial charge in [0.15, 0.2) is 0 Å². The summed E-state index contributed by atoms with van der Waals surface area (Å²) in [4.78, 5) is 14.1. The van der Waals surface area contributed by atoms with Gasteiger partial charge in [0.2, 0.25) is 0 Å². The zero-order chi connectivity index (χ0) is 14.4. The number of piperidine rings is 1. The van der Waals surface area contributed by atoms with E-state index in [-0.39, 0.29) is 6.03 Å². The first kappa shape index (κ1) is 15.1. The molecule has 0 radical (unpaired) electrons. The van der Waals surface area contributed by atoms with Crippen molar-refractivity contribution < 1.29 is 4.79 Å². The Labute approximate surface area is 125 Å². The smallest absolute Gasteiger partial charge is 0.321 e. The van der Waals surface area contributed by atoms with E-state index in [0.717, 1.165) is 25.2 Å². The topological polar surface area (TPSA) is 44.4 Å². The SMILES string of the molecule is CCN(CC1CCCCN1)C(=O)Nc1ccc(Cl)cc1. The molecule has 1 saturated heterocycles. The van der Waals surface area contributed by atoms with Crippen LogP contribution in [0.5, 0.6) is 0 Å². The van der Waals surface area contributed by atoms with Crippen molar-refractivity contribution in [1.29, 1.82) is 0 Å². The Bertz CT molecular complexity index is 429. The van der Waals surface area contributed by atoms with Crippen molar-refractivity contribution >= 4 is 23.3 Å². The Balaban J connectivity index is 1.89. The van der Waals surface area contributed by atoms with Crippen molar-refractivity contribution in [2.45, 2.75) is 32.2 Å². The molecule has 4 nitrogen and oxygen atoms in total. The Hall–Kier alpha value is -1.26. The van der Waals surface area contributed by atoms with Crippen molar-refractivity contribution in [2.24, 2.45) is 0 Å². The van der Waals surface area contributed by atoms with Gasteiger partial charge >= 0.3 is 6.03 Å². The molecule has 2 N–H and O–H groups in total. The predicted octanol–water partition coefficient (Wildman–Crippen LogP) is 3.34. The zero-order valence-electron chi connectivity index (χ0n) is 11.9. The van der Waals surface area contributed by atoms with Crippen LogP contribution in [0.4, 0.5) is 10.5 Å². The molecule has 0 aliphatic carbocycles. The maximum absolute atomic E-state index is 12.3. The minimum Gasteiger partial charge on any atom is -0.323 e. The van der Waals surface area contributed by atoms with E-state index in [9.17, 15) is 4.79 Å². The van der Waals surface area contributed by atoms with Crippen molar-refractivity contribution in [1.82, 2.24) is 10.2 Å². The molecule has 1 heterocycles. The molecular formula is C15H22ClN3O. The molecule has 2 amide bonds. The lowest BCUT2D eigenvalue weighted by molar-refractivity contribution is 0.203. The van der Waals surface area contributed by atoms with Crippen LogP contribution >= 0.6 is 11.6 Å². The Kier molecular flexibility index (Phi) is 5.68. The van der Waals surface area contributed by atoms with E-state index in [1.807, 2.05) is 24.0 Å². The third-order valence-corrected chi connectivity index (χ3v) is 3.87. The van der Waals surface area contributed by atoms with Gasteiger partial charge in [0, 0.05) is 29.8 Å². The molecule has 5 heteroatoms. The largest absolute Gasteiger partial charge is 0.323 e. The molecule has 110 valence electrons. The van der Waals surface area contributed by atoms with Crippen LogP contribution in [-0.2, 0) is 0 Å². The second-order valence-corrected chi connectivity index (χ2v) is 5.56. The van der Waals surface area contributed by atoms with Crippen LogP contribution in [0.2, 0.25) is 5.02 Å². The van der Waals surface area contributed by atoms with E-state index < -0.39 is 0 Å². The normalized spacial score (nSPS) is 18.6. The standard InChI is InChI=1S/C15H22ClN3O/c1-2-19(11-14-5-3-4-10-17-14)15(20)18-13-8-6-12(16)7-9-13/h6-9,14,17H,2-5,10-11H2,1H3,(H,18,20). The quantitative estimate of drug-likeness (QED) is 0.895. The number of amides is 2. The van der Waals surface area contributed by atoms with Crippen molar-refractivity contribution in [3.63, 3.8) is 0 Å². The Morgan fingerprint density at radius 1 is 1.40 bits per heavy atom. The summed E-state index contributed by atoms with van der Waals surface area (Å²) < 4.78 is 0. The number of hydrogen-bond donors (Lipinski definition) is 2. The second-order valence-electron chi connectivity index (χ2n) is 5.12. The molecule has 0 saturated carbocycles. The summed E-state index contributed by atoms with van der Waals surface area (Å²) in [6, 6.07) is 7.54. The van der Waals surface area contributed by atoms with Gasteiger partial charge in [-0.3, -0.25) is 0 Å². The first-order chi connectivity index (χ1) is 9.69. The Morgan fingerprint density at radius 3 is 2.75 bits per heavy atom. The summed E-state index contributed by atoms with van der Waals surface area (Å²) in [5.74, 6) is 0. The van der Waals surface area contributed by atoms with Crippen LogP contribution in [0.3, 0.4) is 0 Å². The fraction of sp³-hybridized carbons (Fsp3) is 0.533. The second kappa shape index (κ2) is 7.50. The monoisotopic (exact) mass is 295 g/mol. The lowest BCUT2D eigenvalue weighted by atomic mass is 10.0. The average molecular weight is 296 g/mol. The number of benzene rings is 1. The highest BCUT2D eigenvalue weighted by molar-refractivity contribution is 6.30. The number of carbonyl (C=O) groups is 1. The van der Waals surface area contributed by atoms with Crippen molar-refractivity contribution in [2.75, 3.05) is 25.0 Å². The van der Waals surface area contributed by atoms with Crippen molar-refractivity contribution in [3.8, 4) is 0 Å². The molecule has 1 aliphatic heterocycles. The molecule has 0 bridgehead atoms. The van der Waals surface area contributed by atoms with Gasteiger partial charge in [0.05, 0.1) is 0 Å². The van der Waals surface area contributed by atoms with E-state index in [0.29, 0.717) is 17.6 Å². The molecule has 1 unspecified atom stereocenters. The molecule has 1 fully saturated rings. The predicted molar refractivity (Wildman–Crippen MR) is 83.4 cm³/mol. The van der Waals surface area contributed by atoms with E-state index in [1.165, 1.54) is 12.8 Å². The number of halogens is 1. The fourth-order valence-corrected chi connectivity index (χ4v) is 2.56. The van der Waals surface area contributed by atoms with E-state index >= 15 is 0 Å². The zero-order valence-corrected chi connectivity index (χ0v) is 12.6. The van der Waals surface area contributed by atoms with Gasteiger partial charge in [0.1, 0.15) is 0 Å². The van der Waals surface area contributed by atoms with Crippen LogP contribution in [0, 0.1) is 0 Å². The number of hydrogen-bond acceptors (Lipinski definition) is 2. The minimum absolute atomic E-state index is 0.0535. The van der Waals surface area contributed by atoms with E-state index in [4.69, 9.17) is 11.6 Å². The molecule has 20 heavy (non-hydrogen) atoms. The van der Waals surface area contributed by atoms with Gasteiger partial charge in [-0.1, -0.05) is 18.0 Å². The van der Waals surface area contributed by atoms with E-state index in [2.05, 4.69) is 10.6 Å². The number of carbonyl (C=O) groups excluding carboxylic acids is 1. The summed E-state index contributed by atoms with van der Waals surface area (Å²) >= 11 is 5.84. The molecule has 2 rings (SSSR count). The first-order valence-electron chi connectivity index (χ1n) is 7.24. The highest BCUT2D eigenvalue weighted by Gasteiger charge is 2.19. The summed E-state index contributed by atoms with van der Waals surface area (Å²) in [6.07, 6.45) is 3.62. The molecule has 1 aliphatic rings. The molecule has 0 aromatic heterocycles. The Morgan fingerprint density at radius 2 is 2.15 bits per heavy atom. The highest BCUT2D eigenvalue weighted by Crippen LogP contribution is 2.14. The summed E-state index contributed by atoms with van der Waals surface area (Å²) in [5.41, 5.74) is 0.773. The van der Waals surface area contributed by atoms with Gasteiger partial charge in [-0.25, -0.2) is 4.79 Å². The van der Waals surface area contributed by atoms with Crippen LogP contribution in [-0.4, -0.2) is 36.6 Å². The molecule has 1 aromatic rings. The molecule has 1 atom stereocenters.